The number of unbranched alkanes of at least 4 members (excludes halogenated alkanes) is 1. The number of hydrogen-bond acceptors (Lipinski definition) is 7. The molecule has 1 rings (SSSR count). The number of amides is 1. The molecule has 0 saturated heterocycles. The summed E-state index contributed by atoms with van der Waals surface area (Å²) in [4.78, 5) is 21.3. The summed E-state index contributed by atoms with van der Waals surface area (Å²) in [7, 11) is 4.76. The summed E-state index contributed by atoms with van der Waals surface area (Å²) in [6, 6.07) is 6.05. The van der Waals surface area contributed by atoms with Gasteiger partial charge in [0.1, 0.15) is 0 Å². The summed E-state index contributed by atoms with van der Waals surface area (Å²) in [6.45, 7) is 12.1. The van der Waals surface area contributed by atoms with E-state index < -0.39 is 6.09 Å². The molecule has 8 heteroatoms. The quantitative estimate of drug-likeness (QED) is 0.240. The molecule has 0 aliphatic rings. The Labute approximate surface area is 212 Å². The van der Waals surface area contributed by atoms with Gasteiger partial charge in [0.15, 0.2) is 11.5 Å². The van der Waals surface area contributed by atoms with Crippen molar-refractivity contribution < 1.29 is 33.3 Å². The smallest absolute Gasteiger partial charge is 0.404 e. The highest BCUT2D eigenvalue weighted by Gasteiger charge is 2.17. The Morgan fingerprint density at radius 2 is 1.66 bits per heavy atom. The summed E-state index contributed by atoms with van der Waals surface area (Å²) in [5.41, 5.74) is 5.86. The SMILES string of the molecule is CC.CCCCOC(N)=O.COCCCOc1cc(CC(CCC(=O)OC)C(C)C)ccc1OC. The highest BCUT2D eigenvalue weighted by molar-refractivity contribution is 5.69. The van der Waals surface area contributed by atoms with Crippen LogP contribution < -0.4 is 15.2 Å². The van der Waals surface area contributed by atoms with E-state index in [0.717, 1.165) is 43.6 Å². The lowest BCUT2D eigenvalue weighted by molar-refractivity contribution is -0.141. The number of hydrogen-bond donors (Lipinski definition) is 1. The zero-order valence-electron chi connectivity index (χ0n) is 23.2. The minimum Gasteiger partial charge on any atom is -0.493 e. The molecule has 0 aliphatic heterocycles. The summed E-state index contributed by atoms with van der Waals surface area (Å²) < 4.78 is 25.5. The van der Waals surface area contributed by atoms with Crippen molar-refractivity contribution in [3.05, 3.63) is 23.8 Å². The zero-order valence-corrected chi connectivity index (χ0v) is 23.2. The van der Waals surface area contributed by atoms with Crippen LogP contribution in [0, 0.1) is 11.8 Å². The van der Waals surface area contributed by atoms with Crippen LogP contribution in [0.5, 0.6) is 11.5 Å². The van der Waals surface area contributed by atoms with Crippen molar-refractivity contribution >= 4 is 12.1 Å². The first kappa shape index (κ1) is 34.7. The van der Waals surface area contributed by atoms with Gasteiger partial charge in [0.05, 0.1) is 27.4 Å². The third-order valence-electron chi connectivity index (χ3n) is 5.11. The first-order chi connectivity index (χ1) is 16.8. The number of rotatable bonds is 15. The molecule has 1 aromatic carbocycles. The van der Waals surface area contributed by atoms with Gasteiger partial charge in [0.25, 0.3) is 0 Å². The largest absolute Gasteiger partial charge is 0.493 e. The van der Waals surface area contributed by atoms with Gasteiger partial charge >= 0.3 is 12.1 Å². The Morgan fingerprint density at radius 3 is 2.17 bits per heavy atom. The number of carbonyl (C=O) groups is 2. The number of esters is 1. The maximum atomic E-state index is 11.4. The van der Waals surface area contributed by atoms with Crippen molar-refractivity contribution in [3.63, 3.8) is 0 Å². The van der Waals surface area contributed by atoms with Crippen LogP contribution in [0.4, 0.5) is 4.79 Å². The number of benzene rings is 1. The third kappa shape index (κ3) is 18.5. The standard InChI is InChI=1S/C20H32O5.C5H11NO2.C2H6/c1-15(2)17(8-10-20(21)24-5)13-16-7-9-18(23-4)19(14-16)25-12-6-11-22-3;1-2-3-4-8-5(6)7;1-2/h7,9,14-15,17H,6,8,10-13H2,1-5H3;2-4H2,1H3,(H2,6,7);1-2H3. The molecule has 0 aromatic heterocycles. The minimum atomic E-state index is -0.682. The van der Waals surface area contributed by atoms with Gasteiger partial charge in [-0.2, -0.15) is 0 Å². The number of methoxy groups -OCH3 is 3. The van der Waals surface area contributed by atoms with E-state index in [4.69, 9.17) is 18.9 Å². The molecule has 0 spiro atoms. The van der Waals surface area contributed by atoms with E-state index in [2.05, 4.69) is 30.4 Å². The van der Waals surface area contributed by atoms with Crippen LogP contribution in [-0.4, -0.2) is 53.2 Å². The third-order valence-corrected chi connectivity index (χ3v) is 5.11. The monoisotopic (exact) mass is 499 g/mol. The van der Waals surface area contributed by atoms with Crippen molar-refractivity contribution in [1.82, 2.24) is 0 Å². The topological polar surface area (TPSA) is 106 Å². The molecule has 0 saturated carbocycles. The molecule has 0 fully saturated rings. The van der Waals surface area contributed by atoms with Crippen LogP contribution >= 0.6 is 0 Å². The molecule has 0 aliphatic carbocycles. The molecule has 0 radical (unpaired) electrons. The van der Waals surface area contributed by atoms with Crippen LogP contribution in [0.1, 0.15) is 72.3 Å². The van der Waals surface area contributed by atoms with Crippen molar-refractivity contribution in [2.75, 3.05) is 41.2 Å². The molecular weight excluding hydrogens is 450 g/mol. The van der Waals surface area contributed by atoms with Gasteiger partial charge in [-0.1, -0.05) is 47.1 Å². The van der Waals surface area contributed by atoms with Gasteiger partial charge in [-0.3, -0.25) is 4.79 Å². The molecule has 35 heavy (non-hydrogen) atoms. The Hall–Kier alpha value is -2.48. The lowest BCUT2D eigenvalue weighted by atomic mass is 9.85. The van der Waals surface area contributed by atoms with Crippen molar-refractivity contribution in [2.24, 2.45) is 17.6 Å². The predicted molar refractivity (Wildman–Crippen MR) is 140 cm³/mol. The fourth-order valence-corrected chi connectivity index (χ4v) is 3.04. The molecule has 0 bridgehead atoms. The lowest BCUT2D eigenvalue weighted by Gasteiger charge is -2.21. The second-order valence-corrected chi connectivity index (χ2v) is 8.02. The van der Waals surface area contributed by atoms with Gasteiger partial charge in [-0.05, 0) is 48.8 Å². The van der Waals surface area contributed by atoms with Crippen LogP contribution in [0.2, 0.25) is 0 Å². The number of carbonyl (C=O) groups excluding carboxylic acids is 2. The van der Waals surface area contributed by atoms with Gasteiger partial charge in [-0.15, -0.1) is 0 Å². The molecule has 0 heterocycles. The van der Waals surface area contributed by atoms with Crippen LogP contribution in [0.3, 0.4) is 0 Å². The van der Waals surface area contributed by atoms with E-state index in [1.807, 2.05) is 32.9 Å². The fourth-order valence-electron chi connectivity index (χ4n) is 3.04. The van der Waals surface area contributed by atoms with E-state index >= 15 is 0 Å². The molecular formula is C27H49NO7. The second kappa shape index (κ2) is 23.3. The molecule has 8 nitrogen and oxygen atoms in total. The zero-order chi connectivity index (χ0) is 27.1. The Morgan fingerprint density at radius 1 is 0.971 bits per heavy atom. The van der Waals surface area contributed by atoms with Crippen molar-refractivity contribution in [3.8, 4) is 11.5 Å². The van der Waals surface area contributed by atoms with E-state index in [9.17, 15) is 9.59 Å². The average Bonchev–Trinajstić information content (AvgIpc) is 2.85. The lowest BCUT2D eigenvalue weighted by Crippen LogP contribution is -2.15. The first-order valence-corrected chi connectivity index (χ1v) is 12.6. The van der Waals surface area contributed by atoms with Gasteiger partial charge in [-0.25, -0.2) is 4.79 Å². The van der Waals surface area contributed by atoms with Crippen LogP contribution in [0.15, 0.2) is 18.2 Å². The minimum absolute atomic E-state index is 0.150. The molecule has 1 aromatic rings. The maximum Gasteiger partial charge on any atom is 0.404 e. The highest BCUT2D eigenvalue weighted by Crippen LogP contribution is 2.31. The average molecular weight is 500 g/mol. The van der Waals surface area contributed by atoms with Gasteiger partial charge < -0.3 is 29.4 Å². The summed E-state index contributed by atoms with van der Waals surface area (Å²) >= 11 is 0. The summed E-state index contributed by atoms with van der Waals surface area (Å²) in [5.74, 6) is 2.23. The molecule has 1 unspecified atom stereocenters. The summed E-state index contributed by atoms with van der Waals surface area (Å²) in [6.07, 6.45) is 4.23. The fraction of sp³-hybridized carbons (Fsp3) is 0.704. The van der Waals surface area contributed by atoms with Crippen molar-refractivity contribution in [1.29, 1.82) is 0 Å². The molecule has 1 atom stereocenters. The highest BCUT2D eigenvalue weighted by atomic mass is 16.5. The van der Waals surface area contributed by atoms with E-state index in [1.165, 1.54) is 12.7 Å². The van der Waals surface area contributed by atoms with Gasteiger partial charge in [0, 0.05) is 26.6 Å². The molecule has 1 amide bonds. The van der Waals surface area contributed by atoms with Crippen molar-refractivity contribution in [2.45, 2.75) is 73.1 Å². The van der Waals surface area contributed by atoms with Crippen LogP contribution in [0.25, 0.3) is 0 Å². The number of nitrogens with two attached hydrogens (primary N) is 1. The summed E-state index contributed by atoms with van der Waals surface area (Å²) in [5, 5.41) is 0. The van der Waals surface area contributed by atoms with E-state index in [0.29, 0.717) is 38.1 Å². The predicted octanol–water partition coefficient (Wildman–Crippen LogP) is 5.79. The molecule has 204 valence electrons. The van der Waals surface area contributed by atoms with Crippen LogP contribution in [-0.2, 0) is 25.4 Å². The number of ether oxygens (including phenoxy) is 5. The molecule has 2 N–H and O–H groups in total. The maximum absolute atomic E-state index is 11.4. The first-order valence-electron chi connectivity index (χ1n) is 12.6. The van der Waals surface area contributed by atoms with E-state index in [-0.39, 0.29) is 5.97 Å². The Kier molecular flexibility index (Phi) is 23.1. The van der Waals surface area contributed by atoms with E-state index in [1.54, 1.807) is 14.2 Å². The Balaban J connectivity index is 0. The Bertz CT molecular complexity index is 665. The second-order valence-electron chi connectivity index (χ2n) is 8.02. The normalized spacial score (nSPS) is 10.8. The van der Waals surface area contributed by atoms with Gasteiger partial charge in [0.2, 0.25) is 0 Å². The number of primary amides is 1.